The molecule has 0 saturated carbocycles. The lowest BCUT2D eigenvalue weighted by atomic mass is 8.97. The second-order valence-corrected chi connectivity index (χ2v) is 0.770. The van der Waals surface area contributed by atoms with Crippen molar-refractivity contribution in [1.29, 1.82) is 1.34 Å². The van der Waals surface area contributed by atoms with E-state index in [0.29, 0.717) is 0 Å². The van der Waals surface area contributed by atoms with Gasteiger partial charge in [0.15, 0.2) is 0 Å². The summed E-state index contributed by atoms with van der Waals surface area (Å²) in [7, 11) is 13.8. The third kappa shape index (κ3) is 4.32. The summed E-state index contributed by atoms with van der Waals surface area (Å²) < 4.78 is 6.56. The molecular weight excluding hydrogens is 54.1 g/mol. The molecule has 0 aromatic heterocycles. The smallest absolute Gasteiger partial charge is 0.0273 e. The minimum absolute atomic E-state index is 0.704. The molecule has 0 aromatic rings. The Morgan fingerprint density at radius 2 is 2.00 bits per heavy atom. The highest BCUT2D eigenvalue weighted by Gasteiger charge is 1.86. The van der Waals surface area contributed by atoms with Crippen molar-refractivity contribution in [1.82, 2.24) is 0 Å². The quantitative estimate of drug-likeness (QED) is 0.300. The second-order valence-electron chi connectivity index (χ2n) is 0.770. The zero-order valence-corrected chi connectivity index (χ0v) is 2.89. The predicted molar refractivity (Wildman–Crippen MR) is 30.2 cm³/mol. The fourth-order valence-corrected chi connectivity index (χ4v) is 0. The van der Waals surface area contributed by atoms with Crippen molar-refractivity contribution in [3.8, 4) is 0 Å². The van der Waals surface area contributed by atoms with Gasteiger partial charge in [0.25, 0.3) is 0 Å². The molecule has 0 aromatic carbocycles. The molecule has 0 aliphatic rings. The molecule has 6 radical (unpaired) electrons. The van der Waals surface area contributed by atoms with E-state index in [2.05, 4.69) is 0 Å². The maximum absolute atomic E-state index is 6.56. The van der Waals surface area contributed by atoms with Gasteiger partial charge in [0.05, 0.1) is 0 Å². The summed E-state index contributed by atoms with van der Waals surface area (Å²) in [5.41, 5.74) is 0. The third-order valence-electron chi connectivity index (χ3n) is 0.222. The van der Waals surface area contributed by atoms with Crippen molar-refractivity contribution in [3.05, 3.63) is 0 Å². The van der Waals surface area contributed by atoms with Crippen LogP contribution in [0.4, 0.5) is 0 Å². The standard InChI is InChI=1S/B5H/c1-4-5(2)3/h4H/i4T. The highest BCUT2D eigenvalue weighted by molar-refractivity contribution is 7.60. The Morgan fingerprint density at radius 1 is 1.80 bits per heavy atom. The van der Waals surface area contributed by atoms with E-state index in [-0.39, 0.29) is 0 Å². The summed E-state index contributed by atoms with van der Waals surface area (Å²) in [5, 5.41) is 0. The molecule has 0 heterocycles. The minimum Gasteiger partial charge on any atom is -0.0388 e. The first-order chi connectivity index (χ1) is 2.64. The van der Waals surface area contributed by atoms with Crippen LogP contribution < -0.4 is 0 Å². The lowest BCUT2D eigenvalue weighted by Gasteiger charge is -1.84. The van der Waals surface area contributed by atoms with E-state index in [1.807, 2.05) is 0 Å². The van der Waals surface area contributed by atoms with Gasteiger partial charge in [-0.15, -0.1) is 0 Å². The molecule has 0 aliphatic heterocycles. The van der Waals surface area contributed by atoms with Crippen LogP contribution in [0, 0.1) is 0 Å². The Bertz CT molecular complexity index is 24.9. The van der Waals surface area contributed by atoms with E-state index in [9.17, 15) is 0 Å². The van der Waals surface area contributed by atoms with Gasteiger partial charge >= 0.3 is 0 Å². The van der Waals surface area contributed by atoms with E-state index in [1.54, 1.807) is 0 Å². The van der Waals surface area contributed by atoms with Crippen LogP contribution in [0.3, 0.4) is 0 Å². The van der Waals surface area contributed by atoms with Crippen LogP contribution in [0.25, 0.3) is 0 Å². The van der Waals surface area contributed by atoms with Crippen molar-refractivity contribution < 1.29 is 0 Å². The highest BCUT2D eigenvalue weighted by atomic mass is 12.7. The van der Waals surface area contributed by atoms with E-state index in [1.165, 1.54) is 0 Å². The largest absolute Gasteiger partial charge is 0.0388 e. The van der Waals surface area contributed by atoms with Gasteiger partial charge in [0.1, 0.15) is 0 Å². The zero-order valence-electron chi connectivity index (χ0n) is 3.89. The van der Waals surface area contributed by atoms with Gasteiger partial charge < -0.3 is 0 Å². The van der Waals surface area contributed by atoms with Crippen molar-refractivity contribution in [2.24, 2.45) is 0 Å². The molecule has 5 heavy (non-hydrogen) atoms. The molecule has 0 unspecified atom stereocenters. The van der Waals surface area contributed by atoms with Gasteiger partial charge in [-0.1, -0.05) is 0 Å². The molecule has 0 N–H and O–H groups in total. The normalized spacial score (nSPS) is 9.20. The van der Waals surface area contributed by atoms with E-state index < -0.39 is 13.4 Å². The Kier molecular flexibility index (Phi) is 1.80. The molecule has 0 spiro atoms. The third-order valence-corrected chi connectivity index (χ3v) is 0.222. The summed E-state index contributed by atoms with van der Waals surface area (Å²) in [4.78, 5) is 0. The Hall–Kier alpha value is 0.325. The Labute approximate surface area is 38.9 Å². The van der Waals surface area contributed by atoms with Crippen molar-refractivity contribution in [2.45, 2.75) is 0 Å². The van der Waals surface area contributed by atoms with Crippen molar-refractivity contribution >= 4 is 36.6 Å². The van der Waals surface area contributed by atoms with Gasteiger partial charge in [-0.3, -0.25) is 0 Å². The summed E-state index contributed by atoms with van der Waals surface area (Å²) >= 11 is 0. The predicted octanol–water partition coefficient (Wildman–Crippen LogP) is -2.17. The zero-order chi connectivity index (χ0) is 5.15. The minimum atomic E-state index is -0.843. The number of rotatable bonds is 1. The molecule has 0 nitrogen and oxygen atoms in total. The average Bonchev–Trinajstić information content (AvgIpc) is 1.36. The van der Waals surface area contributed by atoms with Gasteiger partial charge in [-0.05, 0) is 1.34 Å². The molecule has 0 amide bonds. The van der Waals surface area contributed by atoms with Crippen LogP contribution in [0.15, 0.2) is 0 Å². The van der Waals surface area contributed by atoms with Gasteiger partial charge in [0, 0.05) is 36.6 Å². The van der Waals surface area contributed by atoms with Crippen LogP contribution in [0.5, 0.6) is 0 Å². The number of hydrogen-bond acceptors (Lipinski definition) is 0. The number of hydrogen-bond donors (Lipinski definition) is 0. The lowest BCUT2D eigenvalue weighted by Crippen LogP contribution is -2.23. The average molecular weight is 57.1 g/mol. The second kappa shape index (κ2) is 2.56. The first-order valence-electron chi connectivity index (χ1n) is 1.91. The van der Waals surface area contributed by atoms with E-state index >= 15 is 0 Å². The lowest BCUT2D eigenvalue weighted by molar-refractivity contribution is 3.91. The van der Waals surface area contributed by atoms with E-state index in [4.69, 9.17) is 24.5 Å². The monoisotopic (exact) mass is 58.1 g/mol. The van der Waals surface area contributed by atoms with Crippen LogP contribution in [0.2, 0.25) is 0 Å². The Morgan fingerprint density at radius 3 is 2.00 bits per heavy atom. The molecule has 0 aliphatic carbocycles. The Balaban J connectivity index is 2.99. The fraction of sp³-hybridized carbons (Fsp3) is 0. The molecule has 0 saturated heterocycles. The van der Waals surface area contributed by atoms with Gasteiger partial charge in [-0.2, -0.15) is 0 Å². The maximum atomic E-state index is 6.56. The van der Waals surface area contributed by atoms with Crippen LogP contribution in [-0.4, -0.2) is 38.0 Å². The molecular formula is HB5. The summed E-state index contributed by atoms with van der Waals surface area (Å²) in [6.45, 7) is 0. The van der Waals surface area contributed by atoms with Gasteiger partial charge in [0.2, 0.25) is 0 Å². The molecule has 0 bridgehead atoms. The fourth-order valence-electron chi connectivity index (χ4n) is 0. The summed E-state index contributed by atoms with van der Waals surface area (Å²) in [6, 6.07) is 0. The molecule has 16 valence electrons. The maximum Gasteiger partial charge on any atom is 0.0273 e. The van der Waals surface area contributed by atoms with Crippen molar-refractivity contribution in [3.63, 3.8) is 0 Å². The highest BCUT2D eigenvalue weighted by Crippen LogP contribution is 1.47. The van der Waals surface area contributed by atoms with Crippen LogP contribution >= 0.6 is 0 Å². The molecule has 5 heteroatoms. The summed E-state index contributed by atoms with van der Waals surface area (Å²) in [5.74, 6) is 0. The molecule has 0 rings (SSSR count). The van der Waals surface area contributed by atoms with Crippen LogP contribution in [0.1, 0.15) is 0 Å². The first kappa shape index (κ1) is 3.51. The van der Waals surface area contributed by atoms with Crippen molar-refractivity contribution in [2.75, 3.05) is 0 Å². The van der Waals surface area contributed by atoms with E-state index in [0.717, 1.165) is 0 Å². The van der Waals surface area contributed by atoms with Gasteiger partial charge in [-0.25, -0.2) is 0 Å². The topological polar surface area (TPSA) is 0 Å². The molecule has 0 atom stereocenters. The summed E-state index contributed by atoms with van der Waals surface area (Å²) in [6.07, 6.45) is -0.704. The molecule has 0 fully saturated rings. The SMILES string of the molecule is [3H]B([B])B([B])[B]. The van der Waals surface area contributed by atoms with Crippen LogP contribution in [-0.2, 0) is 0 Å². The first-order valence-corrected chi connectivity index (χ1v) is 1.33.